The molecular weight excluding hydrogens is 196 g/mol. The van der Waals surface area contributed by atoms with Gasteiger partial charge in [0.2, 0.25) is 0 Å². The molecule has 0 atom stereocenters. The fraction of sp³-hybridized carbons (Fsp3) is 1.00. The third kappa shape index (κ3) is 3.21. The Bertz CT molecular complexity index is 207. The molecule has 2 aliphatic rings. The normalized spacial score (nSPS) is 26.6. The van der Waals surface area contributed by atoms with Gasteiger partial charge in [0.25, 0.3) is 0 Å². The maximum atomic E-state index is 3.79. The first kappa shape index (κ1) is 12.4. The van der Waals surface area contributed by atoms with Gasteiger partial charge in [0, 0.05) is 12.1 Å². The Morgan fingerprint density at radius 3 is 2.62 bits per heavy atom. The molecule has 0 unspecified atom stereocenters. The quantitative estimate of drug-likeness (QED) is 0.772. The van der Waals surface area contributed by atoms with Gasteiger partial charge in [0.1, 0.15) is 0 Å². The van der Waals surface area contributed by atoms with Crippen LogP contribution in [0.1, 0.15) is 52.4 Å². The first-order valence-corrected chi connectivity index (χ1v) is 7.25. The summed E-state index contributed by atoms with van der Waals surface area (Å²) in [5, 5.41) is 3.79. The third-order valence-corrected chi connectivity index (χ3v) is 4.58. The van der Waals surface area contributed by atoms with E-state index in [0.717, 1.165) is 5.92 Å². The molecule has 2 nitrogen and oxygen atoms in total. The van der Waals surface area contributed by atoms with Crippen molar-refractivity contribution in [3.05, 3.63) is 0 Å². The summed E-state index contributed by atoms with van der Waals surface area (Å²) in [6.45, 7) is 9.80. The lowest BCUT2D eigenvalue weighted by Gasteiger charge is -2.35. The van der Waals surface area contributed by atoms with Crippen LogP contribution in [-0.4, -0.2) is 36.6 Å². The van der Waals surface area contributed by atoms with E-state index in [0.29, 0.717) is 5.54 Å². The van der Waals surface area contributed by atoms with Crippen LogP contribution in [0.4, 0.5) is 0 Å². The largest absolute Gasteiger partial charge is 0.310 e. The molecule has 2 fully saturated rings. The zero-order valence-electron chi connectivity index (χ0n) is 11.1. The van der Waals surface area contributed by atoms with Crippen LogP contribution in [0.15, 0.2) is 0 Å². The van der Waals surface area contributed by atoms with Crippen LogP contribution in [0.25, 0.3) is 0 Å². The lowest BCUT2D eigenvalue weighted by molar-refractivity contribution is 0.193. The second kappa shape index (κ2) is 5.50. The summed E-state index contributed by atoms with van der Waals surface area (Å²) in [4.78, 5) is 2.71. The van der Waals surface area contributed by atoms with Crippen molar-refractivity contribution >= 4 is 0 Å². The molecular formula is C14H28N2. The van der Waals surface area contributed by atoms with Crippen molar-refractivity contribution in [2.45, 2.75) is 57.9 Å². The first-order valence-electron chi connectivity index (χ1n) is 7.25. The Morgan fingerprint density at radius 2 is 2.00 bits per heavy atom. The van der Waals surface area contributed by atoms with Gasteiger partial charge in [-0.05, 0) is 51.2 Å². The number of rotatable bonds is 5. The van der Waals surface area contributed by atoms with E-state index in [2.05, 4.69) is 24.1 Å². The van der Waals surface area contributed by atoms with Gasteiger partial charge in [-0.1, -0.05) is 26.7 Å². The number of hydrogen-bond acceptors (Lipinski definition) is 2. The van der Waals surface area contributed by atoms with E-state index in [4.69, 9.17) is 0 Å². The minimum absolute atomic E-state index is 0.403. The highest BCUT2D eigenvalue weighted by Gasteiger charge is 2.31. The number of nitrogens with zero attached hydrogens (tertiary/aromatic N) is 1. The lowest BCUT2D eigenvalue weighted by Crippen LogP contribution is -2.50. The van der Waals surface area contributed by atoms with Crippen molar-refractivity contribution < 1.29 is 0 Å². The Hall–Kier alpha value is -0.0800. The van der Waals surface area contributed by atoms with Gasteiger partial charge in [-0.2, -0.15) is 0 Å². The molecule has 0 radical (unpaired) electrons. The van der Waals surface area contributed by atoms with Crippen molar-refractivity contribution in [2.75, 3.05) is 26.2 Å². The highest BCUT2D eigenvalue weighted by molar-refractivity contribution is 4.91. The maximum absolute atomic E-state index is 3.79. The average molecular weight is 224 g/mol. The summed E-state index contributed by atoms with van der Waals surface area (Å²) >= 11 is 0. The summed E-state index contributed by atoms with van der Waals surface area (Å²) in [5.41, 5.74) is 0.403. The molecule has 1 N–H and O–H groups in total. The molecule has 2 rings (SSSR count). The van der Waals surface area contributed by atoms with Gasteiger partial charge < -0.3 is 10.2 Å². The molecule has 1 aliphatic carbocycles. The molecule has 16 heavy (non-hydrogen) atoms. The highest BCUT2D eigenvalue weighted by atomic mass is 15.2. The first-order chi connectivity index (χ1) is 7.78. The molecule has 0 spiro atoms. The SMILES string of the molecule is CCC1(CC)CN(CCC2CC2)CCCN1. The average Bonchev–Trinajstić information content (AvgIpc) is 3.14. The predicted molar refractivity (Wildman–Crippen MR) is 69.7 cm³/mol. The molecule has 0 bridgehead atoms. The van der Waals surface area contributed by atoms with Crippen LogP contribution in [0, 0.1) is 5.92 Å². The standard InChI is InChI=1S/C14H28N2/c1-3-14(4-2)12-16(10-5-9-15-14)11-8-13-6-7-13/h13,15H,3-12H2,1-2H3. The van der Waals surface area contributed by atoms with Gasteiger partial charge >= 0.3 is 0 Å². The third-order valence-electron chi connectivity index (χ3n) is 4.58. The fourth-order valence-electron chi connectivity index (χ4n) is 2.91. The van der Waals surface area contributed by atoms with Gasteiger partial charge in [-0.25, -0.2) is 0 Å². The van der Waals surface area contributed by atoms with E-state index in [-0.39, 0.29) is 0 Å². The second-order valence-electron chi connectivity index (χ2n) is 5.78. The predicted octanol–water partition coefficient (Wildman–Crippen LogP) is 2.64. The summed E-state index contributed by atoms with van der Waals surface area (Å²) < 4.78 is 0. The molecule has 1 aliphatic heterocycles. The molecule has 0 aromatic heterocycles. The van der Waals surface area contributed by atoms with E-state index >= 15 is 0 Å². The Kier molecular flexibility index (Phi) is 4.26. The fourth-order valence-corrected chi connectivity index (χ4v) is 2.91. The minimum atomic E-state index is 0.403. The van der Waals surface area contributed by atoms with Crippen molar-refractivity contribution in [1.82, 2.24) is 10.2 Å². The number of nitrogens with one attached hydrogen (secondary N) is 1. The van der Waals surface area contributed by atoms with Crippen molar-refractivity contribution in [1.29, 1.82) is 0 Å². The highest BCUT2D eigenvalue weighted by Crippen LogP contribution is 2.32. The molecule has 94 valence electrons. The van der Waals surface area contributed by atoms with Gasteiger partial charge in [0.05, 0.1) is 0 Å². The maximum Gasteiger partial charge on any atom is 0.0303 e. The van der Waals surface area contributed by atoms with Gasteiger partial charge in [-0.15, -0.1) is 0 Å². The van der Waals surface area contributed by atoms with Crippen LogP contribution < -0.4 is 5.32 Å². The van der Waals surface area contributed by atoms with Crippen LogP contribution in [0.2, 0.25) is 0 Å². The molecule has 0 aromatic carbocycles. The van der Waals surface area contributed by atoms with E-state index in [1.807, 2.05) is 0 Å². The van der Waals surface area contributed by atoms with Gasteiger partial charge in [0.15, 0.2) is 0 Å². The summed E-state index contributed by atoms with van der Waals surface area (Å²) in [6, 6.07) is 0. The minimum Gasteiger partial charge on any atom is -0.310 e. The molecule has 1 saturated heterocycles. The van der Waals surface area contributed by atoms with E-state index in [1.54, 1.807) is 0 Å². The summed E-state index contributed by atoms with van der Waals surface area (Å²) in [6.07, 6.45) is 8.31. The zero-order chi connectivity index (χ0) is 11.4. The smallest absolute Gasteiger partial charge is 0.0303 e. The van der Waals surface area contributed by atoms with E-state index in [1.165, 1.54) is 64.7 Å². The van der Waals surface area contributed by atoms with Gasteiger partial charge in [-0.3, -0.25) is 0 Å². The molecule has 0 amide bonds. The molecule has 0 aromatic rings. The zero-order valence-corrected chi connectivity index (χ0v) is 11.1. The van der Waals surface area contributed by atoms with Crippen LogP contribution in [0.3, 0.4) is 0 Å². The Balaban J connectivity index is 1.85. The van der Waals surface area contributed by atoms with Crippen LogP contribution in [-0.2, 0) is 0 Å². The monoisotopic (exact) mass is 224 g/mol. The topological polar surface area (TPSA) is 15.3 Å². The second-order valence-corrected chi connectivity index (χ2v) is 5.78. The van der Waals surface area contributed by atoms with Crippen molar-refractivity contribution in [3.8, 4) is 0 Å². The van der Waals surface area contributed by atoms with Crippen LogP contribution >= 0.6 is 0 Å². The van der Waals surface area contributed by atoms with Crippen molar-refractivity contribution in [2.24, 2.45) is 5.92 Å². The molecule has 1 heterocycles. The van der Waals surface area contributed by atoms with E-state index in [9.17, 15) is 0 Å². The Labute approximate surface area is 101 Å². The Morgan fingerprint density at radius 1 is 1.25 bits per heavy atom. The van der Waals surface area contributed by atoms with Crippen molar-refractivity contribution in [3.63, 3.8) is 0 Å². The van der Waals surface area contributed by atoms with E-state index < -0.39 is 0 Å². The molecule has 1 saturated carbocycles. The summed E-state index contributed by atoms with van der Waals surface area (Å²) in [7, 11) is 0. The summed E-state index contributed by atoms with van der Waals surface area (Å²) in [5.74, 6) is 1.08. The molecule has 2 heteroatoms. The number of hydrogen-bond donors (Lipinski definition) is 1. The lowest BCUT2D eigenvalue weighted by atomic mass is 9.92. The van der Waals surface area contributed by atoms with Crippen LogP contribution in [0.5, 0.6) is 0 Å².